The van der Waals surface area contributed by atoms with Crippen LogP contribution in [0.2, 0.25) is 0 Å². The fourth-order valence-electron chi connectivity index (χ4n) is 5.80. The average Bonchev–Trinajstić information content (AvgIpc) is 3.55. The molecule has 2 aromatic rings. The van der Waals surface area contributed by atoms with Crippen LogP contribution < -0.4 is 5.32 Å². The molecule has 2 aromatic carbocycles. The molecule has 1 heterocycles. The first-order valence-corrected chi connectivity index (χ1v) is 13.9. The Hall–Kier alpha value is -2.57. The monoisotopic (exact) mass is 507 g/mol. The van der Waals surface area contributed by atoms with Crippen molar-refractivity contribution >= 4 is 28.2 Å². The topological polar surface area (TPSA) is 81.7 Å². The standard InChI is InChI=1S/C31H41NO5/c1-20(2)16-25(19-29(34)21(3)17-23-10-6-9-22-8-4-5-12-26(22)23)30(35)32-27(31-36-14-15-37-31)18-24-11-7-13-28(24)33/h4-6,8-10,12,20-21,24-25,27,31H,7,11,13-19H2,1-3H3,(H,32,35)/t21-,24-,25?,27-/m0/s1. The Labute approximate surface area is 220 Å². The Morgan fingerprint density at radius 2 is 1.76 bits per heavy atom. The number of carbonyl (C=O) groups excluding carboxylic acids is 3. The highest BCUT2D eigenvalue weighted by Gasteiger charge is 2.36. The number of Topliss-reactive ketones (excluding diaryl/α,β-unsaturated/α-hetero) is 2. The number of nitrogens with one attached hydrogen (secondary N) is 1. The quantitative estimate of drug-likeness (QED) is 0.424. The largest absolute Gasteiger partial charge is 0.348 e. The second-order valence-corrected chi connectivity index (χ2v) is 11.3. The van der Waals surface area contributed by atoms with Crippen LogP contribution in [0.5, 0.6) is 0 Å². The number of fused-ring (bicyclic) bond motifs is 1. The highest BCUT2D eigenvalue weighted by Crippen LogP contribution is 2.29. The maximum absolute atomic E-state index is 13.5. The third-order valence-electron chi connectivity index (χ3n) is 7.80. The summed E-state index contributed by atoms with van der Waals surface area (Å²) in [4.78, 5) is 39.2. The van der Waals surface area contributed by atoms with Gasteiger partial charge in [0.1, 0.15) is 11.6 Å². The summed E-state index contributed by atoms with van der Waals surface area (Å²) in [7, 11) is 0. The van der Waals surface area contributed by atoms with Gasteiger partial charge in [-0.25, -0.2) is 0 Å². The minimum absolute atomic E-state index is 0.0657. The van der Waals surface area contributed by atoms with Gasteiger partial charge in [0.2, 0.25) is 5.91 Å². The van der Waals surface area contributed by atoms with E-state index >= 15 is 0 Å². The van der Waals surface area contributed by atoms with Crippen molar-refractivity contribution in [1.29, 1.82) is 0 Å². The molecule has 4 rings (SSSR count). The smallest absolute Gasteiger partial charge is 0.223 e. The first-order valence-electron chi connectivity index (χ1n) is 13.9. The van der Waals surface area contributed by atoms with E-state index in [4.69, 9.17) is 9.47 Å². The van der Waals surface area contributed by atoms with Crippen molar-refractivity contribution in [1.82, 2.24) is 5.32 Å². The fraction of sp³-hybridized carbons (Fsp3) is 0.581. The predicted molar refractivity (Wildman–Crippen MR) is 144 cm³/mol. The van der Waals surface area contributed by atoms with E-state index in [0.717, 1.165) is 18.4 Å². The van der Waals surface area contributed by atoms with Gasteiger partial charge >= 0.3 is 0 Å². The van der Waals surface area contributed by atoms with Crippen LogP contribution in [0.1, 0.15) is 64.9 Å². The summed E-state index contributed by atoms with van der Waals surface area (Å²) in [5, 5.41) is 5.47. The molecule has 2 fully saturated rings. The number of hydrogen-bond donors (Lipinski definition) is 1. The maximum Gasteiger partial charge on any atom is 0.223 e. The van der Waals surface area contributed by atoms with Gasteiger partial charge in [-0.05, 0) is 54.4 Å². The Morgan fingerprint density at radius 3 is 2.46 bits per heavy atom. The maximum atomic E-state index is 13.5. The molecule has 1 aliphatic carbocycles. The van der Waals surface area contributed by atoms with Crippen LogP contribution in [0.25, 0.3) is 10.8 Å². The summed E-state index contributed by atoms with van der Waals surface area (Å²) < 4.78 is 11.5. The Kier molecular flexibility index (Phi) is 9.49. The number of carbonyl (C=O) groups is 3. The number of hydrogen-bond acceptors (Lipinski definition) is 5. The molecule has 1 amide bonds. The molecule has 0 spiro atoms. The molecule has 2 aliphatic rings. The Bertz CT molecular complexity index is 1080. The number of rotatable bonds is 12. The summed E-state index contributed by atoms with van der Waals surface area (Å²) in [6.07, 6.45) is 3.81. The van der Waals surface area contributed by atoms with E-state index in [0.29, 0.717) is 38.9 Å². The first kappa shape index (κ1) is 27.5. The summed E-state index contributed by atoms with van der Waals surface area (Å²) in [6.45, 7) is 7.07. The van der Waals surface area contributed by atoms with E-state index < -0.39 is 12.2 Å². The molecular formula is C31H41NO5. The van der Waals surface area contributed by atoms with E-state index in [9.17, 15) is 14.4 Å². The van der Waals surface area contributed by atoms with Crippen LogP contribution in [0.15, 0.2) is 42.5 Å². The van der Waals surface area contributed by atoms with Crippen LogP contribution in [-0.4, -0.2) is 43.0 Å². The molecule has 0 bridgehead atoms. The molecule has 6 heteroatoms. The lowest BCUT2D eigenvalue weighted by atomic mass is 9.85. The molecule has 1 saturated carbocycles. The van der Waals surface area contributed by atoms with Crippen LogP contribution >= 0.6 is 0 Å². The molecule has 6 nitrogen and oxygen atoms in total. The van der Waals surface area contributed by atoms with Gasteiger partial charge in [0.25, 0.3) is 0 Å². The van der Waals surface area contributed by atoms with Crippen molar-refractivity contribution in [3.8, 4) is 0 Å². The van der Waals surface area contributed by atoms with E-state index in [1.54, 1.807) is 0 Å². The zero-order valence-corrected chi connectivity index (χ0v) is 22.4. The third kappa shape index (κ3) is 7.26. The van der Waals surface area contributed by atoms with Crippen molar-refractivity contribution in [3.63, 3.8) is 0 Å². The van der Waals surface area contributed by atoms with Gasteiger partial charge in [-0.15, -0.1) is 0 Å². The minimum atomic E-state index is -0.543. The number of ether oxygens (including phenoxy) is 2. The molecule has 0 aromatic heterocycles. The summed E-state index contributed by atoms with van der Waals surface area (Å²) >= 11 is 0. The lowest BCUT2D eigenvalue weighted by molar-refractivity contribution is -0.135. The van der Waals surface area contributed by atoms with Gasteiger partial charge in [0.15, 0.2) is 6.29 Å². The van der Waals surface area contributed by atoms with Crippen LogP contribution in [0, 0.1) is 23.7 Å². The first-order chi connectivity index (χ1) is 17.8. The highest BCUT2D eigenvalue weighted by atomic mass is 16.7. The van der Waals surface area contributed by atoms with Crippen molar-refractivity contribution in [2.24, 2.45) is 23.7 Å². The molecule has 37 heavy (non-hydrogen) atoms. The zero-order valence-electron chi connectivity index (χ0n) is 22.4. The molecule has 1 saturated heterocycles. The van der Waals surface area contributed by atoms with E-state index in [-0.39, 0.29) is 47.7 Å². The van der Waals surface area contributed by atoms with Gasteiger partial charge < -0.3 is 14.8 Å². The number of amides is 1. The average molecular weight is 508 g/mol. The second kappa shape index (κ2) is 12.8. The normalized spacial score (nSPS) is 20.9. The van der Waals surface area contributed by atoms with Gasteiger partial charge in [0.05, 0.1) is 19.3 Å². The zero-order chi connectivity index (χ0) is 26.4. The number of benzene rings is 2. The van der Waals surface area contributed by atoms with E-state index in [1.807, 2.05) is 25.1 Å². The van der Waals surface area contributed by atoms with Gasteiger partial charge in [-0.2, -0.15) is 0 Å². The lowest BCUT2D eigenvalue weighted by Crippen LogP contribution is -2.48. The molecule has 1 aliphatic heterocycles. The summed E-state index contributed by atoms with van der Waals surface area (Å²) in [6, 6.07) is 14.0. The molecule has 200 valence electrons. The molecule has 4 atom stereocenters. The second-order valence-electron chi connectivity index (χ2n) is 11.3. The van der Waals surface area contributed by atoms with E-state index in [1.165, 1.54) is 10.8 Å². The fourth-order valence-corrected chi connectivity index (χ4v) is 5.80. The van der Waals surface area contributed by atoms with Crippen molar-refractivity contribution in [3.05, 3.63) is 48.0 Å². The summed E-state index contributed by atoms with van der Waals surface area (Å²) in [5.41, 5.74) is 1.15. The molecule has 0 radical (unpaired) electrons. The van der Waals surface area contributed by atoms with Crippen molar-refractivity contribution < 1.29 is 23.9 Å². The SMILES string of the molecule is CC(C)CC(CC(=O)[C@@H](C)Cc1cccc2ccccc12)C(=O)N[C@@H](C[C@@H]1CCCC1=O)C1OCCO1. The summed E-state index contributed by atoms with van der Waals surface area (Å²) in [5.74, 6) is -0.200. The predicted octanol–water partition coefficient (Wildman–Crippen LogP) is 5.26. The van der Waals surface area contributed by atoms with Gasteiger partial charge in [-0.1, -0.05) is 63.2 Å². The van der Waals surface area contributed by atoms with Gasteiger partial charge in [-0.3, -0.25) is 14.4 Å². The van der Waals surface area contributed by atoms with Crippen LogP contribution in [0.4, 0.5) is 0 Å². The third-order valence-corrected chi connectivity index (χ3v) is 7.80. The number of ketones is 2. The van der Waals surface area contributed by atoms with Crippen LogP contribution in [-0.2, 0) is 30.3 Å². The molecule has 1 N–H and O–H groups in total. The lowest BCUT2D eigenvalue weighted by Gasteiger charge is -2.28. The highest BCUT2D eigenvalue weighted by molar-refractivity contribution is 5.90. The minimum Gasteiger partial charge on any atom is -0.348 e. The Morgan fingerprint density at radius 1 is 1.03 bits per heavy atom. The van der Waals surface area contributed by atoms with E-state index in [2.05, 4.69) is 43.4 Å². The molecular weight excluding hydrogens is 466 g/mol. The van der Waals surface area contributed by atoms with Crippen LogP contribution in [0.3, 0.4) is 0 Å². The Balaban J connectivity index is 1.42. The molecule has 1 unspecified atom stereocenters. The van der Waals surface area contributed by atoms with Gasteiger partial charge in [0, 0.05) is 30.6 Å². The van der Waals surface area contributed by atoms with Crippen molar-refractivity contribution in [2.75, 3.05) is 13.2 Å². The van der Waals surface area contributed by atoms with Crippen molar-refractivity contribution in [2.45, 2.75) is 78.0 Å².